The number of nitrogens with zero attached hydrogens (tertiary/aromatic N) is 1. The molecule has 1 aromatic rings. The summed E-state index contributed by atoms with van der Waals surface area (Å²) in [4.78, 5) is 0. The summed E-state index contributed by atoms with van der Waals surface area (Å²) >= 11 is 23.0. The largest absolute Gasteiger partial charge is 0.207 e. The summed E-state index contributed by atoms with van der Waals surface area (Å²) in [5, 5.41) is 9.66. The van der Waals surface area contributed by atoms with E-state index in [2.05, 4.69) is 0 Å². The van der Waals surface area contributed by atoms with Crippen LogP contribution in [-0.2, 0) is 6.42 Å². The molecule has 74 valence electrons. The topological polar surface area (TPSA) is 23.8 Å². The van der Waals surface area contributed by atoms with Crippen LogP contribution in [0.4, 0.5) is 0 Å². The van der Waals surface area contributed by atoms with Crippen molar-refractivity contribution in [2.45, 2.75) is 10.8 Å². The van der Waals surface area contributed by atoms with E-state index >= 15 is 0 Å². The van der Waals surface area contributed by atoms with E-state index in [4.69, 9.17) is 51.7 Å². The van der Waals surface area contributed by atoms with Gasteiger partial charge in [0.1, 0.15) is 6.07 Å². The van der Waals surface area contributed by atoms with Gasteiger partial charge >= 0.3 is 0 Å². The van der Waals surface area contributed by atoms with Gasteiger partial charge in [0, 0.05) is 16.5 Å². The first kappa shape index (κ1) is 11.9. The van der Waals surface area contributed by atoms with Crippen molar-refractivity contribution in [2.75, 3.05) is 0 Å². The lowest BCUT2D eigenvalue weighted by atomic mass is 10.1. The molecule has 0 saturated carbocycles. The standard InChI is InChI=1S/C9H5Cl4N/c10-7-1-2-8(11)6(3-7)4-9(12,13)5-14/h1-3H,4H2. The Morgan fingerprint density at radius 3 is 2.50 bits per heavy atom. The Labute approximate surface area is 102 Å². The molecule has 0 aliphatic rings. The van der Waals surface area contributed by atoms with Crippen LogP contribution in [0.3, 0.4) is 0 Å². The first-order valence-electron chi connectivity index (χ1n) is 3.67. The highest BCUT2D eigenvalue weighted by molar-refractivity contribution is 6.50. The second-order valence-electron chi connectivity index (χ2n) is 2.73. The molecule has 1 nitrogen and oxygen atoms in total. The average Bonchev–Trinajstić information content (AvgIpc) is 2.11. The van der Waals surface area contributed by atoms with E-state index < -0.39 is 4.33 Å². The summed E-state index contributed by atoms with van der Waals surface area (Å²) in [6.07, 6.45) is 0.145. The van der Waals surface area contributed by atoms with Gasteiger partial charge in [0.2, 0.25) is 4.33 Å². The Morgan fingerprint density at radius 2 is 1.93 bits per heavy atom. The van der Waals surface area contributed by atoms with E-state index in [1.807, 2.05) is 0 Å². The van der Waals surface area contributed by atoms with Crippen LogP contribution in [0.25, 0.3) is 0 Å². The van der Waals surface area contributed by atoms with Crippen LogP contribution >= 0.6 is 46.4 Å². The molecule has 5 heteroatoms. The third-order valence-electron chi connectivity index (χ3n) is 1.58. The van der Waals surface area contributed by atoms with Crippen LogP contribution in [0, 0.1) is 11.3 Å². The predicted octanol–water partition coefficient (Wildman–Crippen LogP) is 4.23. The van der Waals surface area contributed by atoms with E-state index in [9.17, 15) is 0 Å². The SMILES string of the molecule is N#CC(Cl)(Cl)Cc1cc(Cl)ccc1Cl. The lowest BCUT2D eigenvalue weighted by Crippen LogP contribution is -2.13. The summed E-state index contributed by atoms with van der Waals surface area (Å²) in [5.41, 5.74) is 0.658. The first-order valence-corrected chi connectivity index (χ1v) is 5.19. The molecule has 0 bridgehead atoms. The molecule has 0 unspecified atom stereocenters. The smallest absolute Gasteiger partial charge is 0.195 e. The molecule has 0 N–H and O–H groups in total. The average molecular weight is 269 g/mol. The van der Waals surface area contributed by atoms with Gasteiger partial charge in [-0.15, -0.1) is 0 Å². The van der Waals surface area contributed by atoms with Gasteiger partial charge in [0.05, 0.1) is 0 Å². The van der Waals surface area contributed by atoms with Crippen molar-refractivity contribution < 1.29 is 0 Å². The number of benzene rings is 1. The third-order valence-corrected chi connectivity index (χ3v) is 2.62. The Balaban J connectivity index is 2.98. The van der Waals surface area contributed by atoms with Gasteiger partial charge in [-0.1, -0.05) is 46.4 Å². The molecular weight excluding hydrogens is 264 g/mol. The molecule has 0 saturated heterocycles. The molecule has 14 heavy (non-hydrogen) atoms. The van der Waals surface area contributed by atoms with Crippen molar-refractivity contribution in [1.29, 1.82) is 5.26 Å². The summed E-state index contributed by atoms with van der Waals surface area (Å²) in [5.74, 6) is 0. The van der Waals surface area contributed by atoms with Crippen LogP contribution in [-0.4, -0.2) is 4.33 Å². The fourth-order valence-electron chi connectivity index (χ4n) is 0.958. The minimum Gasteiger partial charge on any atom is -0.195 e. The Morgan fingerprint density at radius 1 is 1.29 bits per heavy atom. The Bertz CT molecular complexity index is 381. The maximum atomic E-state index is 8.63. The molecule has 0 aliphatic carbocycles. The van der Waals surface area contributed by atoms with Crippen molar-refractivity contribution in [3.63, 3.8) is 0 Å². The minimum atomic E-state index is -1.46. The predicted molar refractivity (Wildman–Crippen MR) is 60.2 cm³/mol. The maximum Gasteiger partial charge on any atom is 0.207 e. The number of rotatable bonds is 2. The molecule has 0 aliphatic heterocycles. The Kier molecular flexibility index (Phi) is 3.92. The normalized spacial score (nSPS) is 11.1. The molecule has 0 atom stereocenters. The summed E-state index contributed by atoms with van der Waals surface area (Å²) < 4.78 is -1.46. The second-order valence-corrected chi connectivity index (χ2v) is 5.06. The van der Waals surface area contributed by atoms with Crippen LogP contribution in [0.2, 0.25) is 10.0 Å². The van der Waals surface area contributed by atoms with E-state index in [0.29, 0.717) is 15.6 Å². The molecule has 0 fully saturated rings. The fourth-order valence-corrected chi connectivity index (χ4v) is 1.62. The van der Waals surface area contributed by atoms with E-state index in [1.54, 1.807) is 24.3 Å². The minimum absolute atomic E-state index is 0.145. The van der Waals surface area contributed by atoms with Gasteiger partial charge in [0.15, 0.2) is 0 Å². The van der Waals surface area contributed by atoms with E-state index in [-0.39, 0.29) is 6.42 Å². The van der Waals surface area contributed by atoms with Crippen LogP contribution < -0.4 is 0 Å². The monoisotopic (exact) mass is 267 g/mol. The van der Waals surface area contributed by atoms with Gasteiger partial charge in [-0.2, -0.15) is 5.26 Å². The summed E-state index contributed by atoms with van der Waals surface area (Å²) in [6, 6.07) is 6.70. The molecule has 0 radical (unpaired) electrons. The number of nitriles is 1. The zero-order chi connectivity index (χ0) is 10.8. The number of halogens is 4. The van der Waals surface area contributed by atoms with Crippen LogP contribution in [0.1, 0.15) is 5.56 Å². The van der Waals surface area contributed by atoms with Gasteiger partial charge in [-0.25, -0.2) is 0 Å². The maximum absolute atomic E-state index is 8.63. The van der Waals surface area contributed by atoms with Crippen LogP contribution in [0.5, 0.6) is 0 Å². The van der Waals surface area contributed by atoms with Gasteiger partial charge < -0.3 is 0 Å². The number of hydrogen-bond acceptors (Lipinski definition) is 1. The highest BCUT2D eigenvalue weighted by Gasteiger charge is 2.24. The van der Waals surface area contributed by atoms with Crippen molar-refractivity contribution in [1.82, 2.24) is 0 Å². The molecule has 0 heterocycles. The Hall–Kier alpha value is -0.130. The quantitative estimate of drug-likeness (QED) is 0.737. The molecule has 1 rings (SSSR count). The number of hydrogen-bond donors (Lipinski definition) is 0. The first-order chi connectivity index (χ1) is 6.44. The molecule has 0 spiro atoms. The zero-order valence-corrected chi connectivity index (χ0v) is 9.92. The van der Waals surface area contributed by atoms with Gasteiger partial charge in [-0.05, 0) is 23.8 Å². The molecule has 0 aromatic heterocycles. The van der Waals surface area contributed by atoms with E-state index in [0.717, 1.165) is 0 Å². The van der Waals surface area contributed by atoms with Crippen molar-refractivity contribution in [3.8, 4) is 6.07 Å². The lowest BCUT2D eigenvalue weighted by molar-refractivity contribution is 0.946. The van der Waals surface area contributed by atoms with Gasteiger partial charge in [0.25, 0.3) is 0 Å². The molecule has 0 amide bonds. The van der Waals surface area contributed by atoms with E-state index in [1.165, 1.54) is 0 Å². The zero-order valence-electron chi connectivity index (χ0n) is 6.90. The van der Waals surface area contributed by atoms with Crippen molar-refractivity contribution in [3.05, 3.63) is 33.8 Å². The van der Waals surface area contributed by atoms with Gasteiger partial charge in [-0.3, -0.25) is 0 Å². The highest BCUT2D eigenvalue weighted by atomic mass is 35.5. The van der Waals surface area contributed by atoms with Crippen molar-refractivity contribution in [2.24, 2.45) is 0 Å². The summed E-state index contributed by atoms with van der Waals surface area (Å²) in [7, 11) is 0. The second kappa shape index (κ2) is 4.59. The molecular formula is C9H5Cl4N. The third kappa shape index (κ3) is 3.22. The fraction of sp³-hybridized carbons (Fsp3) is 0.222. The lowest BCUT2D eigenvalue weighted by Gasteiger charge is -2.11. The number of alkyl halides is 2. The summed E-state index contributed by atoms with van der Waals surface area (Å²) in [6.45, 7) is 0. The van der Waals surface area contributed by atoms with Crippen molar-refractivity contribution >= 4 is 46.4 Å². The van der Waals surface area contributed by atoms with Crippen LogP contribution in [0.15, 0.2) is 18.2 Å². The molecule has 1 aromatic carbocycles. The highest BCUT2D eigenvalue weighted by Crippen LogP contribution is 2.30.